The molecule has 6 heteroatoms. The summed E-state index contributed by atoms with van der Waals surface area (Å²) < 4.78 is 7.28. The number of aryl methyl sites for hydroxylation is 3. The fourth-order valence-electron chi connectivity index (χ4n) is 3.61. The molecule has 3 rings (SSSR count). The lowest BCUT2D eigenvalue weighted by Gasteiger charge is -2.30. The number of aromatic nitrogens is 1. The van der Waals surface area contributed by atoms with Gasteiger partial charge in [-0.1, -0.05) is 6.07 Å². The minimum atomic E-state index is -1.04. The van der Waals surface area contributed by atoms with Crippen LogP contribution in [0.4, 0.5) is 0 Å². The molecule has 1 aromatic carbocycles. The van der Waals surface area contributed by atoms with Gasteiger partial charge in [0.25, 0.3) is 5.91 Å². The molecule has 1 amide bonds. The van der Waals surface area contributed by atoms with Gasteiger partial charge < -0.3 is 19.3 Å². The van der Waals surface area contributed by atoms with Crippen LogP contribution in [0.3, 0.4) is 0 Å². The summed E-state index contributed by atoms with van der Waals surface area (Å²) in [6.45, 7) is 8.70. The van der Waals surface area contributed by atoms with Gasteiger partial charge in [0, 0.05) is 23.6 Å². The number of amides is 1. The van der Waals surface area contributed by atoms with Gasteiger partial charge in [0.05, 0.1) is 18.7 Å². The van der Waals surface area contributed by atoms with Crippen molar-refractivity contribution in [1.82, 2.24) is 9.47 Å². The van der Waals surface area contributed by atoms with Crippen LogP contribution in [0.15, 0.2) is 24.3 Å². The highest BCUT2D eigenvalue weighted by Crippen LogP contribution is 2.24. The molecule has 2 aromatic rings. The second-order valence-electron chi connectivity index (χ2n) is 6.91. The predicted molar refractivity (Wildman–Crippen MR) is 98.0 cm³/mol. The number of hydrogen-bond donors (Lipinski definition) is 1. The van der Waals surface area contributed by atoms with Crippen LogP contribution in [0.25, 0.3) is 5.69 Å². The number of nitrogens with zero attached hydrogens (tertiary/aromatic N) is 2. The minimum Gasteiger partial charge on any atom is -0.479 e. The van der Waals surface area contributed by atoms with Gasteiger partial charge in [-0.15, -0.1) is 0 Å². The number of carbonyl (C=O) groups excluding carboxylic acids is 1. The molecule has 1 fully saturated rings. The molecule has 0 aliphatic carbocycles. The molecule has 1 saturated heterocycles. The summed E-state index contributed by atoms with van der Waals surface area (Å²) in [5.74, 6) is -1.19. The Morgan fingerprint density at radius 3 is 2.35 bits per heavy atom. The van der Waals surface area contributed by atoms with Crippen LogP contribution in [0.2, 0.25) is 0 Å². The number of hydrogen-bond acceptors (Lipinski definition) is 3. The van der Waals surface area contributed by atoms with E-state index in [9.17, 15) is 9.59 Å². The number of rotatable bonds is 3. The van der Waals surface area contributed by atoms with E-state index in [4.69, 9.17) is 9.84 Å². The van der Waals surface area contributed by atoms with Gasteiger partial charge in [-0.05, 0) is 57.0 Å². The average molecular weight is 356 g/mol. The van der Waals surface area contributed by atoms with Crippen molar-refractivity contribution in [2.45, 2.75) is 33.8 Å². The van der Waals surface area contributed by atoms with E-state index in [-0.39, 0.29) is 19.1 Å². The van der Waals surface area contributed by atoms with Crippen LogP contribution >= 0.6 is 0 Å². The molecule has 26 heavy (non-hydrogen) atoms. The fraction of sp³-hybridized carbons (Fsp3) is 0.400. The average Bonchev–Trinajstić information content (AvgIpc) is 2.88. The Kier molecular flexibility index (Phi) is 4.87. The lowest BCUT2D eigenvalue weighted by molar-refractivity contribution is -0.154. The SMILES string of the molecule is Cc1cc(C)cc(-n2c(C)cc(C(=O)N3CCOC(C(=O)O)C3)c2C)c1. The van der Waals surface area contributed by atoms with E-state index in [0.29, 0.717) is 12.1 Å². The number of ether oxygens (including phenoxy) is 1. The topological polar surface area (TPSA) is 71.8 Å². The van der Waals surface area contributed by atoms with Crippen LogP contribution < -0.4 is 0 Å². The highest BCUT2D eigenvalue weighted by molar-refractivity contribution is 5.96. The van der Waals surface area contributed by atoms with Crippen molar-refractivity contribution in [2.24, 2.45) is 0 Å². The Morgan fingerprint density at radius 2 is 1.73 bits per heavy atom. The molecule has 0 spiro atoms. The molecule has 1 aromatic heterocycles. The summed E-state index contributed by atoms with van der Waals surface area (Å²) in [5, 5.41) is 9.14. The van der Waals surface area contributed by atoms with Crippen molar-refractivity contribution in [3.8, 4) is 5.69 Å². The maximum Gasteiger partial charge on any atom is 0.334 e. The molecule has 2 heterocycles. The second-order valence-corrected chi connectivity index (χ2v) is 6.91. The molecule has 0 saturated carbocycles. The fourth-order valence-corrected chi connectivity index (χ4v) is 3.61. The summed E-state index contributed by atoms with van der Waals surface area (Å²) in [6.07, 6.45) is -0.962. The molecule has 1 atom stereocenters. The van der Waals surface area contributed by atoms with Crippen molar-refractivity contribution in [1.29, 1.82) is 0 Å². The minimum absolute atomic E-state index is 0.0708. The van der Waals surface area contributed by atoms with E-state index in [0.717, 1.165) is 28.2 Å². The van der Waals surface area contributed by atoms with E-state index in [1.807, 2.05) is 19.9 Å². The smallest absolute Gasteiger partial charge is 0.334 e. The van der Waals surface area contributed by atoms with Crippen LogP contribution in [0.5, 0.6) is 0 Å². The van der Waals surface area contributed by atoms with Gasteiger partial charge in [0.1, 0.15) is 0 Å². The summed E-state index contributed by atoms with van der Waals surface area (Å²) in [5.41, 5.74) is 5.79. The van der Waals surface area contributed by atoms with Crippen molar-refractivity contribution < 1.29 is 19.4 Å². The van der Waals surface area contributed by atoms with Crippen molar-refractivity contribution in [2.75, 3.05) is 19.7 Å². The Hall–Kier alpha value is -2.60. The summed E-state index contributed by atoms with van der Waals surface area (Å²) in [4.78, 5) is 25.7. The van der Waals surface area contributed by atoms with Crippen LogP contribution in [0.1, 0.15) is 32.9 Å². The van der Waals surface area contributed by atoms with Crippen molar-refractivity contribution in [3.05, 3.63) is 52.3 Å². The zero-order chi connectivity index (χ0) is 19.0. The molecule has 6 nitrogen and oxygen atoms in total. The predicted octanol–water partition coefficient (Wildman–Crippen LogP) is 2.64. The quantitative estimate of drug-likeness (QED) is 0.918. The van der Waals surface area contributed by atoms with Gasteiger partial charge in [-0.25, -0.2) is 4.79 Å². The maximum atomic E-state index is 13.0. The molecular weight excluding hydrogens is 332 g/mol. The van der Waals surface area contributed by atoms with E-state index in [2.05, 4.69) is 36.6 Å². The Balaban J connectivity index is 1.94. The Bertz CT molecular complexity index is 849. The molecule has 138 valence electrons. The van der Waals surface area contributed by atoms with Gasteiger partial charge in [-0.2, -0.15) is 0 Å². The third kappa shape index (κ3) is 3.37. The molecule has 1 aliphatic rings. The van der Waals surface area contributed by atoms with E-state index < -0.39 is 12.1 Å². The second kappa shape index (κ2) is 6.96. The third-order valence-electron chi connectivity index (χ3n) is 4.76. The Morgan fingerprint density at radius 1 is 1.08 bits per heavy atom. The summed E-state index contributed by atoms with van der Waals surface area (Å²) in [7, 11) is 0. The van der Waals surface area contributed by atoms with Gasteiger partial charge in [-0.3, -0.25) is 4.79 Å². The van der Waals surface area contributed by atoms with Crippen LogP contribution in [-0.4, -0.2) is 52.3 Å². The van der Waals surface area contributed by atoms with E-state index in [1.165, 1.54) is 0 Å². The van der Waals surface area contributed by atoms with Crippen LogP contribution in [-0.2, 0) is 9.53 Å². The highest BCUT2D eigenvalue weighted by atomic mass is 16.5. The van der Waals surface area contributed by atoms with Gasteiger partial charge >= 0.3 is 5.97 Å². The molecule has 0 radical (unpaired) electrons. The maximum absolute atomic E-state index is 13.0. The highest BCUT2D eigenvalue weighted by Gasteiger charge is 2.31. The number of aliphatic carboxylic acids is 1. The van der Waals surface area contributed by atoms with Crippen LogP contribution in [0, 0.1) is 27.7 Å². The molecular formula is C20H24N2O4. The number of carboxylic acid groups (broad SMARTS) is 1. The first kappa shape index (κ1) is 18.2. The standard InChI is InChI=1S/C20H24N2O4/c1-12-7-13(2)9-16(8-12)22-14(3)10-17(15(22)4)19(23)21-5-6-26-18(11-21)20(24)25/h7-10,18H,5-6,11H2,1-4H3,(H,24,25). The van der Waals surface area contributed by atoms with Gasteiger partial charge in [0.2, 0.25) is 0 Å². The first-order valence-corrected chi connectivity index (χ1v) is 8.69. The molecule has 0 bridgehead atoms. The molecule has 1 N–H and O–H groups in total. The van der Waals surface area contributed by atoms with Gasteiger partial charge in [0.15, 0.2) is 6.10 Å². The first-order chi connectivity index (χ1) is 12.3. The lowest BCUT2D eigenvalue weighted by atomic mass is 10.1. The number of carboxylic acids is 1. The van der Waals surface area contributed by atoms with E-state index >= 15 is 0 Å². The zero-order valence-electron chi connectivity index (χ0n) is 15.6. The number of benzene rings is 1. The Labute approximate surface area is 153 Å². The molecule has 1 unspecified atom stereocenters. The van der Waals surface area contributed by atoms with Crippen molar-refractivity contribution in [3.63, 3.8) is 0 Å². The first-order valence-electron chi connectivity index (χ1n) is 8.69. The lowest BCUT2D eigenvalue weighted by Crippen LogP contribution is -2.48. The molecule has 1 aliphatic heterocycles. The monoisotopic (exact) mass is 356 g/mol. The summed E-state index contributed by atoms with van der Waals surface area (Å²) >= 11 is 0. The van der Waals surface area contributed by atoms with E-state index in [1.54, 1.807) is 4.90 Å². The summed E-state index contributed by atoms with van der Waals surface area (Å²) in [6, 6.07) is 8.18. The normalized spacial score (nSPS) is 17.4. The number of morpholine rings is 1. The third-order valence-corrected chi connectivity index (χ3v) is 4.76. The van der Waals surface area contributed by atoms with Crippen molar-refractivity contribution >= 4 is 11.9 Å². The largest absolute Gasteiger partial charge is 0.479 e. The zero-order valence-corrected chi connectivity index (χ0v) is 15.6. The number of carbonyl (C=O) groups is 2.